The Morgan fingerprint density at radius 2 is 1.57 bits per heavy atom. The Morgan fingerprint density at radius 3 is 1.90 bits per heavy atom. The first-order chi connectivity index (χ1) is 9.97. The van der Waals surface area contributed by atoms with Crippen molar-refractivity contribution in [1.29, 1.82) is 0 Å². The zero-order valence-electron chi connectivity index (χ0n) is 12.9. The van der Waals surface area contributed by atoms with Crippen LogP contribution in [0.5, 0.6) is 0 Å². The number of halogens is 2. The van der Waals surface area contributed by atoms with E-state index in [-0.39, 0.29) is 6.04 Å². The molecule has 118 valence electrons. The van der Waals surface area contributed by atoms with E-state index in [1.54, 1.807) is 27.2 Å². The second-order valence-corrected chi connectivity index (χ2v) is 6.24. The Balaban J connectivity index is 4.94. The molecule has 0 aromatic heterocycles. The first kappa shape index (κ1) is 20.3. The lowest BCUT2D eigenvalue weighted by atomic mass is 10.1. The molecule has 0 radical (unpaired) electrons. The summed E-state index contributed by atoms with van der Waals surface area (Å²) >= 11 is 12.6. The van der Waals surface area contributed by atoms with Crippen LogP contribution in [0.2, 0.25) is 0 Å². The summed E-state index contributed by atoms with van der Waals surface area (Å²) in [5.41, 5.74) is 0. The van der Waals surface area contributed by atoms with Gasteiger partial charge in [-0.3, -0.25) is 4.90 Å². The fourth-order valence-electron chi connectivity index (χ4n) is 1.67. The van der Waals surface area contributed by atoms with Gasteiger partial charge in [-0.15, -0.1) is 29.8 Å². The zero-order chi connectivity index (χ0) is 16.1. The predicted octanol–water partition coefficient (Wildman–Crippen LogP) is 2.73. The van der Waals surface area contributed by atoms with Gasteiger partial charge in [0.05, 0.1) is 13.1 Å². The molecule has 0 rings (SSSR count). The molecule has 1 atom stereocenters. The third kappa shape index (κ3) is 9.80. The molecule has 3 nitrogen and oxygen atoms in total. The number of hydrogen-bond acceptors (Lipinski definition) is 3. The highest BCUT2D eigenvalue weighted by molar-refractivity contribution is 6.48. The van der Waals surface area contributed by atoms with Crippen molar-refractivity contribution in [3.05, 3.63) is 12.7 Å². The van der Waals surface area contributed by atoms with Crippen molar-refractivity contribution in [2.24, 2.45) is 0 Å². The molecule has 0 N–H and O–H groups in total. The summed E-state index contributed by atoms with van der Waals surface area (Å²) < 4.78 is 8.90. The monoisotopic (exact) mass is 331 g/mol. The van der Waals surface area contributed by atoms with Crippen molar-refractivity contribution in [3.8, 4) is 23.7 Å². The molecule has 0 aromatic carbocycles. The topological polar surface area (TPSA) is 21.7 Å². The molecule has 0 aliphatic carbocycles. The van der Waals surface area contributed by atoms with Crippen LogP contribution in [-0.2, 0) is 9.47 Å². The van der Waals surface area contributed by atoms with Crippen LogP contribution in [0.3, 0.4) is 0 Å². The maximum absolute atomic E-state index is 6.28. The van der Waals surface area contributed by atoms with Gasteiger partial charge in [-0.25, -0.2) is 0 Å². The summed E-state index contributed by atoms with van der Waals surface area (Å²) in [6.07, 6.45) is 2.45. The van der Waals surface area contributed by atoms with E-state index >= 15 is 0 Å². The van der Waals surface area contributed by atoms with Crippen LogP contribution in [0.15, 0.2) is 12.7 Å². The van der Waals surface area contributed by atoms with Crippen LogP contribution in [0.25, 0.3) is 0 Å². The fourth-order valence-corrected chi connectivity index (χ4v) is 2.13. The van der Waals surface area contributed by atoms with E-state index in [4.69, 9.17) is 32.7 Å². The molecule has 0 bridgehead atoms. The van der Waals surface area contributed by atoms with Gasteiger partial charge in [0.25, 0.3) is 0 Å². The van der Waals surface area contributed by atoms with Gasteiger partial charge in [-0.1, -0.05) is 29.8 Å². The predicted molar refractivity (Wildman–Crippen MR) is 89.6 cm³/mol. The molecule has 1 unspecified atom stereocenters. The zero-order valence-corrected chi connectivity index (χ0v) is 14.4. The van der Waals surface area contributed by atoms with Crippen molar-refractivity contribution in [3.63, 3.8) is 0 Å². The Bertz CT molecular complexity index is 384. The molecule has 0 saturated heterocycles. The number of ether oxygens (including phenoxy) is 2. The quantitative estimate of drug-likeness (QED) is 0.388. The summed E-state index contributed by atoms with van der Waals surface area (Å²) in [5, 5.41) is 0. The van der Waals surface area contributed by atoms with Gasteiger partial charge >= 0.3 is 0 Å². The minimum atomic E-state index is -0.917. The largest absolute Gasteiger partial charge is 0.372 e. The maximum Gasteiger partial charge on any atom is 0.131 e. The van der Waals surface area contributed by atoms with E-state index < -0.39 is 4.33 Å². The molecule has 0 aromatic rings. The average molecular weight is 332 g/mol. The van der Waals surface area contributed by atoms with Crippen LogP contribution in [0.1, 0.15) is 13.3 Å². The SMILES string of the molecule is C=CCC(N(CC#CCOC)CC#CCOC)C(C)(Cl)Cl. The number of hydrogen-bond donors (Lipinski definition) is 0. The molecule has 0 amide bonds. The number of rotatable bonds is 8. The normalized spacial score (nSPS) is 12.1. The van der Waals surface area contributed by atoms with Gasteiger partial charge in [0.2, 0.25) is 0 Å². The molecule has 5 heteroatoms. The first-order valence-corrected chi connectivity index (χ1v) is 7.35. The Labute approximate surface area is 138 Å². The highest BCUT2D eigenvalue weighted by Gasteiger charge is 2.33. The van der Waals surface area contributed by atoms with Crippen molar-refractivity contribution in [1.82, 2.24) is 4.90 Å². The smallest absolute Gasteiger partial charge is 0.131 e. The van der Waals surface area contributed by atoms with Gasteiger partial charge in [0, 0.05) is 20.3 Å². The van der Waals surface area contributed by atoms with Gasteiger partial charge in [-0.05, 0) is 13.3 Å². The molecule has 0 aliphatic rings. The lowest BCUT2D eigenvalue weighted by Gasteiger charge is -2.34. The molecule has 0 spiro atoms. The molecular weight excluding hydrogens is 309 g/mol. The van der Waals surface area contributed by atoms with Crippen molar-refractivity contribution in [2.75, 3.05) is 40.5 Å². The third-order valence-corrected chi connectivity index (χ3v) is 3.17. The van der Waals surface area contributed by atoms with Gasteiger partial charge < -0.3 is 9.47 Å². The molecule has 0 saturated carbocycles. The van der Waals surface area contributed by atoms with Crippen LogP contribution >= 0.6 is 23.2 Å². The summed E-state index contributed by atoms with van der Waals surface area (Å²) in [6, 6.07) is -0.118. The van der Waals surface area contributed by atoms with Crippen LogP contribution in [-0.4, -0.2) is 55.8 Å². The molecule has 0 aliphatic heterocycles. The highest BCUT2D eigenvalue weighted by atomic mass is 35.5. The van der Waals surface area contributed by atoms with E-state index in [9.17, 15) is 0 Å². The Kier molecular flexibility index (Phi) is 11.5. The fraction of sp³-hybridized carbons (Fsp3) is 0.625. The summed E-state index contributed by atoms with van der Waals surface area (Å²) in [7, 11) is 3.22. The lowest BCUT2D eigenvalue weighted by molar-refractivity contribution is 0.228. The highest BCUT2D eigenvalue weighted by Crippen LogP contribution is 2.30. The third-order valence-electron chi connectivity index (χ3n) is 2.66. The molecular formula is C16H23Cl2NO2. The minimum Gasteiger partial charge on any atom is -0.372 e. The molecule has 21 heavy (non-hydrogen) atoms. The maximum atomic E-state index is 6.28. The van der Waals surface area contributed by atoms with E-state index in [1.807, 2.05) is 4.90 Å². The van der Waals surface area contributed by atoms with Crippen molar-refractivity contribution in [2.45, 2.75) is 23.7 Å². The van der Waals surface area contributed by atoms with Crippen LogP contribution in [0.4, 0.5) is 0 Å². The van der Waals surface area contributed by atoms with E-state index in [0.29, 0.717) is 32.7 Å². The molecule has 0 fully saturated rings. The van der Waals surface area contributed by atoms with Gasteiger partial charge in [0.15, 0.2) is 0 Å². The van der Waals surface area contributed by atoms with Crippen molar-refractivity contribution >= 4 is 23.2 Å². The Morgan fingerprint density at radius 1 is 1.10 bits per heavy atom. The Hall–Kier alpha value is -0.680. The summed E-state index contributed by atoms with van der Waals surface area (Å²) in [4.78, 5) is 2.03. The summed E-state index contributed by atoms with van der Waals surface area (Å²) in [5.74, 6) is 11.9. The number of alkyl halides is 2. The minimum absolute atomic E-state index is 0.118. The number of methoxy groups -OCH3 is 2. The second-order valence-electron chi connectivity index (χ2n) is 4.47. The standard InChI is InChI=1S/C16H23Cl2NO2/c1-5-10-15(16(2,17)18)19(11-6-8-13-20-3)12-7-9-14-21-4/h5,15H,1,10-14H2,2-4H3. The van der Waals surface area contributed by atoms with Gasteiger partial charge in [-0.2, -0.15) is 0 Å². The van der Waals surface area contributed by atoms with E-state index in [1.165, 1.54) is 0 Å². The van der Waals surface area contributed by atoms with Crippen LogP contribution < -0.4 is 0 Å². The molecule has 0 heterocycles. The van der Waals surface area contributed by atoms with E-state index in [0.717, 1.165) is 0 Å². The average Bonchev–Trinajstić information content (AvgIpc) is 2.42. The number of nitrogens with zero attached hydrogens (tertiary/aromatic N) is 1. The lowest BCUT2D eigenvalue weighted by Crippen LogP contribution is -2.45. The second kappa shape index (κ2) is 11.9. The first-order valence-electron chi connectivity index (χ1n) is 6.59. The van der Waals surface area contributed by atoms with Gasteiger partial charge in [0.1, 0.15) is 17.5 Å². The van der Waals surface area contributed by atoms with Crippen molar-refractivity contribution < 1.29 is 9.47 Å². The van der Waals surface area contributed by atoms with E-state index in [2.05, 4.69) is 30.3 Å². The van der Waals surface area contributed by atoms with Crippen LogP contribution in [0, 0.1) is 23.7 Å². The summed E-state index contributed by atoms with van der Waals surface area (Å²) in [6.45, 7) is 7.35.